The molecule has 0 aliphatic heterocycles. The number of hydrogen-bond donors (Lipinski definition) is 2. The molecule has 2 N–H and O–H groups in total. The molecule has 1 aromatic rings. The minimum Gasteiger partial charge on any atom is -0.444 e. The molecule has 3 amide bonds. The van der Waals surface area contributed by atoms with Gasteiger partial charge in [-0.3, -0.25) is 9.59 Å². The van der Waals surface area contributed by atoms with Gasteiger partial charge in [0.2, 0.25) is 11.8 Å². The third kappa shape index (κ3) is 12.4. The summed E-state index contributed by atoms with van der Waals surface area (Å²) in [5, 5.41) is 5.93. The van der Waals surface area contributed by atoms with Crippen LogP contribution >= 0.6 is 0 Å². The highest BCUT2D eigenvalue weighted by Crippen LogP contribution is 2.30. The van der Waals surface area contributed by atoms with E-state index in [0.717, 1.165) is 61.6 Å². The van der Waals surface area contributed by atoms with Crippen molar-refractivity contribution >= 4 is 17.9 Å². The van der Waals surface area contributed by atoms with Gasteiger partial charge in [0.15, 0.2) is 0 Å². The highest BCUT2D eigenvalue weighted by molar-refractivity contribution is 5.92. The van der Waals surface area contributed by atoms with Crippen LogP contribution in [0.5, 0.6) is 0 Å². The van der Waals surface area contributed by atoms with Crippen LogP contribution in [0.2, 0.25) is 0 Å². The van der Waals surface area contributed by atoms with E-state index in [1.165, 1.54) is 0 Å². The molecule has 1 rings (SSSR count). The molecule has 39 heavy (non-hydrogen) atoms. The predicted molar refractivity (Wildman–Crippen MR) is 160 cm³/mol. The predicted octanol–water partition coefficient (Wildman–Crippen LogP) is 7.00. The van der Waals surface area contributed by atoms with Gasteiger partial charge in [-0.25, -0.2) is 4.79 Å². The van der Waals surface area contributed by atoms with Crippen molar-refractivity contribution in [3.8, 4) is 0 Å². The van der Waals surface area contributed by atoms with Crippen LogP contribution in [0, 0.1) is 19.8 Å². The first-order chi connectivity index (χ1) is 18.3. The Bertz CT molecular complexity index is 887. The number of hydrogen-bond acceptors (Lipinski definition) is 4. The van der Waals surface area contributed by atoms with Crippen molar-refractivity contribution in [1.29, 1.82) is 0 Å². The summed E-state index contributed by atoms with van der Waals surface area (Å²) in [4.78, 5) is 42.7. The van der Waals surface area contributed by atoms with Crippen LogP contribution in [0.1, 0.15) is 123 Å². The van der Waals surface area contributed by atoms with Crippen LogP contribution < -0.4 is 10.6 Å². The quantitative estimate of drug-likeness (QED) is 0.219. The number of rotatable bonds is 16. The zero-order valence-electron chi connectivity index (χ0n) is 26.1. The molecule has 7 nitrogen and oxygen atoms in total. The molecular formula is C32H55N3O4. The van der Waals surface area contributed by atoms with Gasteiger partial charge in [0.25, 0.3) is 0 Å². The molecule has 0 fully saturated rings. The number of aryl methyl sites for hydroxylation is 2. The summed E-state index contributed by atoms with van der Waals surface area (Å²) in [5.74, 6) is -0.274. The molecule has 0 aliphatic rings. The number of carbonyl (C=O) groups excluding carboxylic acids is 3. The Balaban J connectivity index is 3.53. The van der Waals surface area contributed by atoms with E-state index in [1.807, 2.05) is 45.9 Å². The zero-order chi connectivity index (χ0) is 29.6. The Kier molecular flexibility index (Phi) is 15.2. The summed E-state index contributed by atoms with van der Waals surface area (Å²) in [6.07, 6.45) is 6.77. The second-order valence-corrected chi connectivity index (χ2v) is 12.1. The Labute approximate surface area is 237 Å². The fraction of sp³-hybridized carbons (Fsp3) is 0.719. The lowest BCUT2D eigenvalue weighted by Gasteiger charge is -2.36. The first kappa shape index (κ1) is 34.5. The third-order valence-corrected chi connectivity index (χ3v) is 6.69. The lowest BCUT2D eigenvalue weighted by molar-refractivity contribution is -0.143. The smallest absolute Gasteiger partial charge is 0.408 e. The fourth-order valence-electron chi connectivity index (χ4n) is 4.77. The van der Waals surface area contributed by atoms with E-state index in [9.17, 15) is 14.4 Å². The van der Waals surface area contributed by atoms with E-state index in [-0.39, 0.29) is 17.7 Å². The molecule has 222 valence electrons. The monoisotopic (exact) mass is 545 g/mol. The van der Waals surface area contributed by atoms with Crippen LogP contribution in [-0.4, -0.2) is 47.5 Å². The van der Waals surface area contributed by atoms with Gasteiger partial charge in [0.1, 0.15) is 17.7 Å². The van der Waals surface area contributed by atoms with Gasteiger partial charge in [-0.05, 0) is 76.5 Å². The number of unbranched alkanes of at least 4 members (excludes halogenated alkanes) is 5. The van der Waals surface area contributed by atoms with E-state index >= 15 is 0 Å². The molecule has 0 aliphatic carbocycles. The number of nitrogens with one attached hydrogen (secondary N) is 2. The van der Waals surface area contributed by atoms with Gasteiger partial charge in [0.05, 0.1) is 0 Å². The Morgan fingerprint density at radius 1 is 0.923 bits per heavy atom. The lowest BCUT2D eigenvalue weighted by Crippen LogP contribution is -2.54. The van der Waals surface area contributed by atoms with Crippen molar-refractivity contribution in [3.63, 3.8) is 0 Å². The van der Waals surface area contributed by atoms with Crippen LogP contribution in [0.15, 0.2) is 18.2 Å². The van der Waals surface area contributed by atoms with Crippen LogP contribution in [0.25, 0.3) is 0 Å². The van der Waals surface area contributed by atoms with Crippen molar-refractivity contribution in [2.75, 3.05) is 13.1 Å². The van der Waals surface area contributed by atoms with Gasteiger partial charge in [-0.1, -0.05) is 78.0 Å². The van der Waals surface area contributed by atoms with E-state index in [1.54, 1.807) is 25.7 Å². The normalized spacial score (nSPS) is 13.1. The highest BCUT2D eigenvalue weighted by Gasteiger charge is 2.37. The van der Waals surface area contributed by atoms with Crippen molar-refractivity contribution in [3.05, 3.63) is 34.9 Å². The summed E-state index contributed by atoms with van der Waals surface area (Å²) < 4.78 is 5.50. The standard InChI is InChI=1S/C32H55N3O4/c1-10-12-14-15-16-21-35(30(37)26(22-23(3)4)34-31(38)39-32(7,8)9)28(29(36)33-20-13-11-2)27-24(5)18-17-19-25(27)6/h17-19,23,26,28H,10-16,20-22H2,1-9H3,(H,33,36)(H,34,38). The summed E-state index contributed by atoms with van der Waals surface area (Å²) >= 11 is 0. The first-order valence-corrected chi connectivity index (χ1v) is 15.0. The molecule has 0 saturated heterocycles. The minimum absolute atomic E-state index is 0.150. The average Bonchev–Trinajstić information content (AvgIpc) is 2.82. The molecular weight excluding hydrogens is 490 g/mol. The Morgan fingerprint density at radius 2 is 1.51 bits per heavy atom. The number of carbonyl (C=O) groups is 3. The second-order valence-electron chi connectivity index (χ2n) is 12.1. The summed E-state index contributed by atoms with van der Waals surface area (Å²) in [6.45, 7) is 18.7. The maximum absolute atomic E-state index is 14.3. The molecule has 2 unspecified atom stereocenters. The number of ether oxygens (including phenoxy) is 1. The molecule has 0 aromatic heterocycles. The number of amides is 3. The molecule has 0 bridgehead atoms. The fourth-order valence-corrected chi connectivity index (χ4v) is 4.77. The van der Waals surface area contributed by atoms with Gasteiger partial charge in [-0.15, -0.1) is 0 Å². The summed E-state index contributed by atoms with van der Waals surface area (Å²) in [5.41, 5.74) is 2.10. The lowest BCUT2D eigenvalue weighted by atomic mass is 9.92. The Hall–Kier alpha value is -2.57. The topological polar surface area (TPSA) is 87.7 Å². The Morgan fingerprint density at radius 3 is 2.05 bits per heavy atom. The maximum Gasteiger partial charge on any atom is 0.408 e. The second kappa shape index (κ2) is 17.2. The van der Waals surface area contributed by atoms with Gasteiger partial charge in [-0.2, -0.15) is 0 Å². The number of nitrogens with zero attached hydrogens (tertiary/aromatic N) is 1. The zero-order valence-corrected chi connectivity index (χ0v) is 26.1. The minimum atomic E-state index is -0.800. The average molecular weight is 546 g/mol. The van der Waals surface area contributed by atoms with E-state index in [0.29, 0.717) is 19.5 Å². The van der Waals surface area contributed by atoms with Gasteiger partial charge >= 0.3 is 6.09 Å². The van der Waals surface area contributed by atoms with Gasteiger partial charge < -0.3 is 20.3 Å². The van der Waals surface area contributed by atoms with E-state index < -0.39 is 23.8 Å². The number of alkyl carbamates (subject to hydrolysis) is 1. The molecule has 0 radical (unpaired) electrons. The van der Waals surface area contributed by atoms with Crippen molar-refractivity contribution in [2.24, 2.45) is 5.92 Å². The van der Waals surface area contributed by atoms with Crippen molar-refractivity contribution in [2.45, 2.75) is 131 Å². The van der Waals surface area contributed by atoms with Crippen LogP contribution in [-0.2, 0) is 14.3 Å². The highest BCUT2D eigenvalue weighted by atomic mass is 16.6. The van der Waals surface area contributed by atoms with Crippen LogP contribution in [0.3, 0.4) is 0 Å². The molecule has 0 spiro atoms. The molecule has 1 aromatic carbocycles. The molecule has 0 saturated carbocycles. The molecule has 2 atom stereocenters. The molecule has 7 heteroatoms. The maximum atomic E-state index is 14.3. The first-order valence-electron chi connectivity index (χ1n) is 15.0. The number of benzene rings is 1. The molecule has 0 heterocycles. The third-order valence-electron chi connectivity index (χ3n) is 6.69. The van der Waals surface area contributed by atoms with Crippen LogP contribution in [0.4, 0.5) is 4.79 Å². The van der Waals surface area contributed by atoms with E-state index in [2.05, 4.69) is 24.5 Å². The van der Waals surface area contributed by atoms with Gasteiger partial charge in [0, 0.05) is 13.1 Å². The van der Waals surface area contributed by atoms with Crippen molar-refractivity contribution < 1.29 is 19.1 Å². The van der Waals surface area contributed by atoms with E-state index in [4.69, 9.17) is 4.74 Å². The summed E-state index contributed by atoms with van der Waals surface area (Å²) in [7, 11) is 0. The largest absolute Gasteiger partial charge is 0.444 e. The summed E-state index contributed by atoms with van der Waals surface area (Å²) in [6, 6.07) is 4.37. The van der Waals surface area contributed by atoms with Crippen molar-refractivity contribution in [1.82, 2.24) is 15.5 Å². The SMILES string of the molecule is CCCCCCCN(C(=O)C(CC(C)C)NC(=O)OC(C)(C)C)C(C(=O)NCCCC)c1c(C)cccc1C.